The minimum Gasteiger partial charge on any atom is -0.343 e. The van der Waals surface area contributed by atoms with E-state index in [1.807, 2.05) is 4.90 Å². The summed E-state index contributed by atoms with van der Waals surface area (Å²) in [5.41, 5.74) is 0. The minimum absolute atomic E-state index is 0.219. The number of rotatable bonds is 4. The molecule has 0 spiro atoms. The van der Waals surface area contributed by atoms with Gasteiger partial charge in [0.25, 0.3) is 0 Å². The number of amides is 1. The normalized spacial score (nSPS) is 22.0. The Hall–Kier alpha value is -0.570. The van der Waals surface area contributed by atoms with Gasteiger partial charge in [-0.05, 0) is 31.3 Å². The molecule has 0 bridgehead atoms. The van der Waals surface area contributed by atoms with Crippen LogP contribution in [0.25, 0.3) is 0 Å². The van der Waals surface area contributed by atoms with Crippen molar-refractivity contribution in [1.82, 2.24) is 10.2 Å². The number of hydrogen-bond acceptors (Lipinski definition) is 2. The van der Waals surface area contributed by atoms with E-state index in [2.05, 4.69) is 19.2 Å². The number of nitrogens with zero attached hydrogens (tertiary/aromatic N) is 1. The van der Waals surface area contributed by atoms with Crippen molar-refractivity contribution in [3.05, 3.63) is 0 Å². The van der Waals surface area contributed by atoms with Gasteiger partial charge in [0.15, 0.2) is 0 Å². The fraction of sp³-hybridized carbons (Fsp3) is 0.909. The molecule has 1 heterocycles. The molecule has 1 aliphatic rings. The van der Waals surface area contributed by atoms with Crippen molar-refractivity contribution in [2.75, 3.05) is 26.2 Å². The van der Waals surface area contributed by atoms with Crippen LogP contribution in [0.2, 0.25) is 0 Å². The third-order valence-corrected chi connectivity index (χ3v) is 2.72. The molecule has 82 valence electrons. The third-order valence-electron chi connectivity index (χ3n) is 2.72. The first-order valence-electron chi connectivity index (χ1n) is 5.55. The van der Waals surface area contributed by atoms with E-state index in [0.29, 0.717) is 11.8 Å². The van der Waals surface area contributed by atoms with E-state index < -0.39 is 0 Å². The zero-order chi connectivity index (χ0) is 10.6. The Morgan fingerprint density at radius 3 is 2.79 bits per heavy atom. The summed E-state index contributed by atoms with van der Waals surface area (Å²) in [6.07, 6.45) is 1.16. The van der Waals surface area contributed by atoms with Gasteiger partial charge in [0.05, 0.1) is 0 Å². The maximum absolute atomic E-state index is 11.1. The monoisotopic (exact) mass is 198 g/mol. The Morgan fingerprint density at radius 1 is 1.57 bits per heavy atom. The molecular formula is C11H22N2O. The van der Waals surface area contributed by atoms with Crippen molar-refractivity contribution in [1.29, 1.82) is 0 Å². The van der Waals surface area contributed by atoms with Gasteiger partial charge in [-0.15, -0.1) is 0 Å². The van der Waals surface area contributed by atoms with Crippen molar-refractivity contribution < 1.29 is 4.79 Å². The van der Waals surface area contributed by atoms with E-state index in [0.717, 1.165) is 32.6 Å². The average molecular weight is 198 g/mol. The van der Waals surface area contributed by atoms with Gasteiger partial charge in [0.1, 0.15) is 0 Å². The highest BCUT2D eigenvalue weighted by atomic mass is 16.2. The predicted molar refractivity (Wildman–Crippen MR) is 58.1 cm³/mol. The van der Waals surface area contributed by atoms with Gasteiger partial charge in [0, 0.05) is 20.0 Å². The Balaban J connectivity index is 2.13. The van der Waals surface area contributed by atoms with E-state index in [-0.39, 0.29) is 5.91 Å². The van der Waals surface area contributed by atoms with E-state index in [1.165, 1.54) is 0 Å². The summed E-state index contributed by atoms with van der Waals surface area (Å²) >= 11 is 0. The second-order valence-corrected chi connectivity index (χ2v) is 4.67. The molecule has 0 aliphatic carbocycles. The maximum atomic E-state index is 11.1. The van der Waals surface area contributed by atoms with Gasteiger partial charge in [-0.3, -0.25) is 4.79 Å². The predicted octanol–water partition coefficient (Wildman–Crippen LogP) is 1.10. The van der Waals surface area contributed by atoms with Gasteiger partial charge < -0.3 is 10.2 Å². The van der Waals surface area contributed by atoms with E-state index in [4.69, 9.17) is 0 Å². The summed E-state index contributed by atoms with van der Waals surface area (Å²) < 4.78 is 0. The highest BCUT2D eigenvalue weighted by Crippen LogP contribution is 2.15. The van der Waals surface area contributed by atoms with Crippen molar-refractivity contribution >= 4 is 5.91 Å². The molecule has 1 atom stereocenters. The first-order valence-corrected chi connectivity index (χ1v) is 5.55. The standard InChI is InChI=1S/C11H22N2O/c1-9(2)6-12-7-11-4-5-13(8-11)10(3)14/h9,11-12H,4-8H2,1-3H3. The molecule has 1 aliphatic heterocycles. The molecular weight excluding hydrogens is 176 g/mol. The smallest absolute Gasteiger partial charge is 0.219 e. The lowest BCUT2D eigenvalue weighted by molar-refractivity contribution is -0.127. The van der Waals surface area contributed by atoms with E-state index >= 15 is 0 Å². The quantitative estimate of drug-likeness (QED) is 0.733. The lowest BCUT2D eigenvalue weighted by atomic mass is 10.1. The van der Waals surface area contributed by atoms with Crippen LogP contribution in [0.15, 0.2) is 0 Å². The number of hydrogen-bond donors (Lipinski definition) is 1. The van der Waals surface area contributed by atoms with Crippen molar-refractivity contribution in [2.45, 2.75) is 27.2 Å². The van der Waals surface area contributed by atoms with Crippen LogP contribution >= 0.6 is 0 Å². The van der Waals surface area contributed by atoms with Crippen molar-refractivity contribution in [2.24, 2.45) is 11.8 Å². The molecule has 0 aromatic rings. The molecule has 14 heavy (non-hydrogen) atoms. The molecule has 0 aromatic heterocycles. The first kappa shape index (κ1) is 11.5. The average Bonchev–Trinajstić information content (AvgIpc) is 2.52. The number of nitrogens with one attached hydrogen (secondary N) is 1. The SMILES string of the molecule is CC(=O)N1CCC(CNCC(C)C)C1. The highest BCUT2D eigenvalue weighted by molar-refractivity contribution is 5.73. The van der Waals surface area contributed by atoms with Crippen LogP contribution < -0.4 is 5.32 Å². The van der Waals surface area contributed by atoms with Gasteiger partial charge >= 0.3 is 0 Å². The van der Waals surface area contributed by atoms with Crippen LogP contribution in [0.4, 0.5) is 0 Å². The molecule has 1 fully saturated rings. The van der Waals surface area contributed by atoms with E-state index in [9.17, 15) is 4.79 Å². The molecule has 1 unspecified atom stereocenters. The minimum atomic E-state index is 0.219. The maximum Gasteiger partial charge on any atom is 0.219 e. The summed E-state index contributed by atoms with van der Waals surface area (Å²) in [4.78, 5) is 13.0. The Morgan fingerprint density at radius 2 is 2.29 bits per heavy atom. The molecule has 1 saturated heterocycles. The number of carbonyl (C=O) groups excluding carboxylic acids is 1. The zero-order valence-electron chi connectivity index (χ0n) is 9.55. The number of likely N-dealkylation sites (tertiary alicyclic amines) is 1. The second-order valence-electron chi connectivity index (χ2n) is 4.67. The summed E-state index contributed by atoms with van der Waals surface area (Å²) in [7, 11) is 0. The van der Waals surface area contributed by atoms with Gasteiger partial charge in [-0.2, -0.15) is 0 Å². The first-order chi connectivity index (χ1) is 6.59. The van der Waals surface area contributed by atoms with Crippen molar-refractivity contribution in [3.8, 4) is 0 Å². The topological polar surface area (TPSA) is 32.3 Å². The van der Waals surface area contributed by atoms with Gasteiger partial charge in [-0.1, -0.05) is 13.8 Å². The van der Waals surface area contributed by atoms with Crippen LogP contribution in [0, 0.1) is 11.8 Å². The molecule has 1 N–H and O–H groups in total. The molecule has 0 aromatic carbocycles. The van der Waals surface area contributed by atoms with Gasteiger partial charge in [-0.25, -0.2) is 0 Å². The van der Waals surface area contributed by atoms with Crippen molar-refractivity contribution in [3.63, 3.8) is 0 Å². The van der Waals surface area contributed by atoms with E-state index in [1.54, 1.807) is 6.92 Å². The molecule has 0 radical (unpaired) electrons. The fourth-order valence-corrected chi connectivity index (χ4v) is 1.86. The largest absolute Gasteiger partial charge is 0.343 e. The van der Waals surface area contributed by atoms with Crippen LogP contribution in [-0.2, 0) is 4.79 Å². The second kappa shape index (κ2) is 5.35. The molecule has 0 saturated carbocycles. The van der Waals surface area contributed by atoms with Crippen LogP contribution in [0.1, 0.15) is 27.2 Å². The molecule has 3 heteroatoms. The Labute approximate surface area is 86.9 Å². The fourth-order valence-electron chi connectivity index (χ4n) is 1.86. The lowest BCUT2D eigenvalue weighted by Crippen LogP contribution is -2.30. The van der Waals surface area contributed by atoms with Crippen LogP contribution in [0.3, 0.4) is 0 Å². The summed E-state index contributed by atoms with van der Waals surface area (Å²) in [5.74, 6) is 1.59. The molecule has 3 nitrogen and oxygen atoms in total. The van der Waals surface area contributed by atoms with Crippen LogP contribution in [-0.4, -0.2) is 37.0 Å². The lowest BCUT2D eigenvalue weighted by Gasteiger charge is -2.15. The zero-order valence-corrected chi connectivity index (χ0v) is 9.55. The Kier molecular flexibility index (Phi) is 4.39. The summed E-state index contributed by atoms with van der Waals surface area (Å²) in [6.45, 7) is 10.1. The molecule has 1 amide bonds. The molecule has 1 rings (SSSR count). The van der Waals surface area contributed by atoms with Crippen LogP contribution in [0.5, 0.6) is 0 Å². The van der Waals surface area contributed by atoms with Gasteiger partial charge in [0.2, 0.25) is 5.91 Å². The summed E-state index contributed by atoms with van der Waals surface area (Å²) in [5, 5.41) is 3.45. The summed E-state index contributed by atoms with van der Waals surface area (Å²) in [6, 6.07) is 0. The number of carbonyl (C=O) groups is 1. The highest BCUT2D eigenvalue weighted by Gasteiger charge is 2.23. The Bertz CT molecular complexity index is 192. The third kappa shape index (κ3) is 3.66.